The molecule has 30 heavy (non-hydrogen) atoms. The first-order chi connectivity index (χ1) is 14.4. The molecule has 0 bridgehead atoms. The molecule has 0 fully saturated rings. The van der Waals surface area contributed by atoms with Crippen LogP contribution in [-0.2, 0) is 24.8 Å². The van der Waals surface area contributed by atoms with Gasteiger partial charge in [-0.15, -0.1) is 0 Å². The fourth-order valence-corrected chi connectivity index (χ4v) is 5.10. The van der Waals surface area contributed by atoms with Gasteiger partial charge in [0, 0.05) is 11.7 Å². The zero-order valence-electron chi connectivity index (χ0n) is 16.3. The van der Waals surface area contributed by atoms with E-state index in [0.29, 0.717) is 13.1 Å². The minimum Gasteiger partial charge on any atom is -0.468 e. The predicted molar refractivity (Wildman–Crippen MR) is 117 cm³/mol. The van der Waals surface area contributed by atoms with Gasteiger partial charge in [0.2, 0.25) is 0 Å². The Morgan fingerprint density at radius 1 is 1.20 bits per heavy atom. The molecule has 3 N–H and O–H groups in total. The van der Waals surface area contributed by atoms with E-state index < -0.39 is 14.2 Å². The van der Waals surface area contributed by atoms with Crippen LogP contribution in [0.1, 0.15) is 13.8 Å². The number of rotatable bonds is 6. The molecule has 0 aliphatic heterocycles. The van der Waals surface area contributed by atoms with Crippen molar-refractivity contribution in [3.8, 4) is 0 Å². The van der Waals surface area contributed by atoms with Gasteiger partial charge in [-0.1, -0.05) is 18.2 Å². The molecule has 0 aliphatic rings. The van der Waals surface area contributed by atoms with Crippen LogP contribution < -0.4 is 9.67 Å². The van der Waals surface area contributed by atoms with Gasteiger partial charge in [-0.2, -0.15) is 0 Å². The maximum absolute atomic E-state index is 11.9. The average Bonchev–Trinajstić information content (AvgIpc) is 3.24. The largest absolute Gasteiger partial charge is 0.468 e. The van der Waals surface area contributed by atoms with Crippen LogP contribution in [-0.4, -0.2) is 43.4 Å². The molecule has 2 aromatic carbocycles. The van der Waals surface area contributed by atoms with Crippen molar-refractivity contribution in [1.29, 1.82) is 0 Å². The summed E-state index contributed by atoms with van der Waals surface area (Å²) in [6.45, 7) is 3.97. The molecule has 0 saturated carbocycles. The minimum atomic E-state index is -4.54. The number of carbonyl (C=O) groups is 2. The van der Waals surface area contributed by atoms with Crippen LogP contribution in [0.3, 0.4) is 0 Å². The van der Waals surface area contributed by atoms with Crippen LogP contribution in [0.25, 0.3) is 10.9 Å². The van der Waals surface area contributed by atoms with Gasteiger partial charge in [-0.25, -0.2) is 0 Å². The van der Waals surface area contributed by atoms with Gasteiger partial charge in [-0.05, 0) is 24.4 Å². The molecule has 0 radical (unpaired) electrons. The smallest absolute Gasteiger partial charge is 0.293 e. The molecular formula is C19H22AsBrN2O7. The normalized spacial score (nSPS) is 11.7. The van der Waals surface area contributed by atoms with E-state index in [9.17, 15) is 13.3 Å². The van der Waals surface area contributed by atoms with E-state index in [1.165, 1.54) is 30.0 Å². The molecule has 162 valence electrons. The van der Waals surface area contributed by atoms with Crippen molar-refractivity contribution in [2.24, 2.45) is 0 Å². The Labute approximate surface area is 185 Å². The summed E-state index contributed by atoms with van der Waals surface area (Å²) in [7, 11) is 0. The standard InChI is InChI=1S/C8H9AsBrNO5.C8H7N.C3H6O2/c1-6(12)11-8-5-3-2-4-7(8)9(13,15-10)16-14;1-2-4-8-7(3-1)5-6-9-8;1-2-5-3-4/h2-5,14H,1H3,(H,11,12);1-6,9H;3H,2H2,1H3. The quantitative estimate of drug-likeness (QED) is 0.188. The summed E-state index contributed by atoms with van der Waals surface area (Å²) in [5, 5.41) is 12.3. The summed E-state index contributed by atoms with van der Waals surface area (Å²) in [5.41, 5.74) is 1.48. The third-order valence-corrected chi connectivity index (χ3v) is 8.27. The van der Waals surface area contributed by atoms with Crippen LogP contribution in [0.5, 0.6) is 0 Å². The predicted octanol–water partition coefficient (Wildman–Crippen LogP) is 3.38. The maximum atomic E-state index is 11.9. The Hall–Kier alpha value is -2.36. The SMILES string of the molecule is CC(=O)Nc1ccccc1[As](=O)(OO)OBr.CCOC=O.c1ccc2[nH]ccc2c1. The number of H-pyrrole nitrogens is 1. The van der Waals surface area contributed by atoms with Crippen LogP contribution >= 0.6 is 16.3 Å². The monoisotopic (exact) mass is 544 g/mol. The van der Waals surface area contributed by atoms with Crippen LogP contribution in [0.15, 0.2) is 60.8 Å². The van der Waals surface area contributed by atoms with Crippen LogP contribution in [0, 0.1) is 0 Å². The second-order valence-corrected chi connectivity index (χ2v) is 10.7. The third-order valence-electron chi connectivity index (χ3n) is 3.41. The third kappa shape index (κ3) is 8.17. The number of anilines is 1. The van der Waals surface area contributed by atoms with Gasteiger partial charge in [0.1, 0.15) is 0 Å². The van der Waals surface area contributed by atoms with E-state index in [0.717, 1.165) is 0 Å². The minimum absolute atomic E-state index is 0.107. The number of aromatic amines is 1. The summed E-state index contributed by atoms with van der Waals surface area (Å²) in [6.07, 6.45) is 1.95. The van der Waals surface area contributed by atoms with Gasteiger partial charge >= 0.3 is 103 Å². The molecule has 1 atom stereocenters. The average molecular weight is 545 g/mol. The van der Waals surface area contributed by atoms with Crippen molar-refractivity contribution in [3.05, 3.63) is 60.8 Å². The molecular weight excluding hydrogens is 523 g/mol. The number of nitrogens with one attached hydrogen (secondary N) is 2. The number of benzene rings is 2. The van der Waals surface area contributed by atoms with Crippen molar-refractivity contribution >= 4 is 63.8 Å². The zero-order valence-corrected chi connectivity index (χ0v) is 19.7. The topological polar surface area (TPSA) is 127 Å². The molecule has 0 aliphatic carbocycles. The Kier molecular flexibility index (Phi) is 11.8. The number of hydrogen-bond acceptors (Lipinski definition) is 7. The molecule has 11 heteroatoms. The van der Waals surface area contributed by atoms with E-state index in [1.54, 1.807) is 19.1 Å². The number of para-hydroxylation sites is 2. The maximum Gasteiger partial charge on any atom is 0.293 e. The summed E-state index contributed by atoms with van der Waals surface area (Å²) in [5.74, 6) is -0.331. The zero-order chi connectivity index (χ0) is 22.4. The molecule has 9 nitrogen and oxygen atoms in total. The summed E-state index contributed by atoms with van der Waals surface area (Å²) in [6, 6.07) is 16.5. The second-order valence-electron chi connectivity index (χ2n) is 5.46. The molecule has 3 rings (SSSR count). The molecule has 1 aromatic heterocycles. The molecule has 1 heterocycles. The van der Waals surface area contributed by atoms with E-state index in [1.807, 2.05) is 18.3 Å². The molecule has 0 spiro atoms. The van der Waals surface area contributed by atoms with Gasteiger partial charge in [0.05, 0.1) is 6.61 Å². The van der Waals surface area contributed by atoms with E-state index in [2.05, 4.69) is 56.2 Å². The van der Waals surface area contributed by atoms with Gasteiger partial charge in [-0.3, -0.25) is 4.79 Å². The molecule has 1 amide bonds. The number of aromatic nitrogens is 1. The van der Waals surface area contributed by atoms with Crippen molar-refractivity contribution in [3.63, 3.8) is 0 Å². The van der Waals surface area contributed by atoms with E-state index in [4.69, 9.17) is 5.26 Å². The number of fused-ring (bicyclic) bond motifs is 1. The van der Waals surface area contributed by atoms with Gasteiger partial charge < -0.3 is 9.72 Å². The fourth-order valence-electron chi connectivity index (χ4n) is 2.16. The Morgan fingerprint density at radius 3 is 2.40 bits per heavy atom. The van der Waals surface area contributed by atoms with Crippen LogP contribution in [0.4, 0.5) is 5.69 Å². The molecule has 1 unspecified atom stereocenters. The van der Waals surface area contributed by atoms with Gasteiger partial charge in [0.15, 0.2) is 0 Å². The van der Waals surface area contributed by atoms with E-state index >= 15 is 0 Å². The number of hydrogen-bond donors (Lipinski definition) is 3. The Bertz CT molecular complexity index is 942. The summed E-state index contributed by atoms with van der Waals surface area (Å²) in [4.78, 5) is 23.2. The first kappa shape index (κ1) is 25.7. The van der Waals surface area contributed by atoms with E-state index in [-0.39, 0.29) is 15.9 Å². The number of ether oxygens (including phenoxy) is 1. The van der Waals surface area contributed by atoms with Crippen LogP contribution in [0.2, 0.25) is 0 Å². The van der Waals surface area contributed by atoms with Crippen molar-refractivity contribution in [2.75, 3.05) is 11.9 Å². The van der Waals surface area contributed by atoms with Gasteiger partial charge in [0.25, 0.3) is 6.47 Å². The molecule has 3 aromatic rings. The summed E-state index contributed by atoms with van der Waals surface area (Å²) >= 11 is -2.01. The second kappa shape index (κ2) is 13.8. The van der Waals surface area contributed by atoms with Crippen molar-refractivity contribution in [1.82, 2.24) is 4.98 Å². The Morgan fingerprint density at radius 2 is 1.87 bits per heavy atom. The number of carbonyl (C=O) groups excluding carboxylic acids is 2. The van der Waals surface area contributed by atoms with Crippen molar-refractivity contribution < 1.29 is 30.0 Å². The Balaban J connectivity index is 0.000000267. The first-order valence-corrected chi connectivity index (χ1v) is 12.5. The first-order valence-electron chi connectivity index (χ1n) is 8.59. The molecule has 0 saturated heterocycles. The fraction of sp³-hybridized carbons (Fsp3) is 0.158. The van der Waals surface area contributed by atoms with Crippen molar-refractivity contribution in [2.45, 2.75) is 13.8 Å². The summed E-state index contributed by atoms with van der Waals surface area (Å²) < 4.78 is 24.6. The number of amides is 1. The number of halogens is 1.